The highest BCUT2D eigenvalue weighted by atomic mass is 31.2. The van der Waals surface area contributed by atoms with Crippen LogP contribution in [0.15, 0.2) is 50.6 Å². The van der Waals surface area contributed by atoms with E-state index in [0.717, 1.165) is 0 Å². The molecule has 0 heterocycles. The molecule has 0 radical (unpaired) electrons. The van der Waals surface area contributed by atoms with Gasteiger partial charge in [-0.25, -0.2) is 4.57 Å². The van der Waals surface area contributed by atoms with Crippen LogP contribution < -0.4 is 0 Å². The fourth-order valence-corrected chi connectivity index (χ4v) is 2.14. The molecular formula is C12H19O4P. The van der Waals surface area contributed by atoms with Crippen molar-refractivity contribution in [2.24, 2.45) is 0 Å². The lowest BCUT2D eigenvalue weighted by Gasteiger charge is -2.20. The van der Waals surface area contributed by atoms with Crippen molar-refractivity contribution in [2.75, 3.05) is 0 Å². The summed E-state index contributed by atoms with van der Waals surface area (Å²) >= 11 is 0. The fourth-order valence-electron chi connectivity index (χ4n) is 1.06. The van der Waals surface area contributed by atoms with Crippen LogP contribution in [0.4, 0.5) is 0 Å². The Hall–Kier alpha value is -0.930. The lowest BCUT2D eigenvalue weighted by atomic mass is 10.2. The van der Waals surface area contributed by atoms with Crippen LogP contribution in [-0.2, 0) is 13.6 Å². The van der Waals surface area contributed by atoms with Gasteiger partial charge < -0.3 is 4.89 Å². The predicted octanol–water partition coefficient (Wildman–Crippen LogP) is 3.38. The maximum atomic E-state index is 11.6. The van der Waals surface area contributed by atoms with Gasteiger partial charge >= 0.3 is 7.82 Å². The van der Waals surface area contributed by atoms with Crippen molar-refractivity contribution < 1.29 is 18.5 Å². The molecule has 0 aromatic carbocycles. The van der Waals surface area contributed by atoms with E-state index in [1.807, 2.05) is 0 Å². The van der Waals surface area contributed by atoms with Gasteiger partial charge in [0.15, 0.2) is 0 Å². The molecular weight excluding hydrogens is 239 g/mol. The van der Waals surface area contributed by atoms with Crippen molar-refractivity contribution in [1.29, 1.82) is 0 Å². The zero-order valence-corrected chi connectivity index (χ0v) is 10.7. The molecule has 0 fully saturated rings. The van der Waals surface area contributed by atoms with Crippen molar-refractivity contribution in [2.45, 2.75) is 25.0 Å². The summed E-state index contributed by atoms with van der Waals surface area (Å²) in [5.74, 6) is 0. The van der Waals surface area contributed by atoms with Gasteiger partial charge in [-0.15, -0.1) is 26.3 Å². The summed E-state index contributed by atoms with van der Waals surface area (Å²) in [5.41, 5.74) is 0. The van der Waals surface area contributed by atoms with E-state index in [0.29, 0.717) is 12.8 Å². The Morgan fingerprint density at radius 3 is 1.59 bits per heavy atom. The predicted molar refractivity (Wildman–Crippen MR) is 69.6 cm³/mol. The van der Waals surface area contributed by atoms with Crippen molar-refractivity contribution in [3.8, 4) is 0 Å². The van der Waals surface area contributed by atoms with Gasteiger partial charge in [-0.3, -0.25) is 9.05 Å². The van der Waals surface area contributed by atoms with Gasteiger partial charge in [-0.05, 0) is 12.8 Å². The number of hydrogen-bond donors (Lipinski definition) is 1. The number of rotatable bonds is 10. The fraction of sp³-hybridized carbons (Fsp3) is 0.333. The molecule has 2 atom stereocenters. The van der Waals surface area contributed by atoms with E-state index in [-0.39, 0.29) is 0 Å². The van der Waals surface area contributed by atoms with Gasteiger partial charge in [0.2, 0.25) is 0 Å². The quantitative estimate of drug-likeness (QED) is 0.482. The molecule has 0 aliphatic heterocycles. The van der Waals surface area contributed by atoms with Gasteiger partial charge in [-0.1, -0.05) is 24.3 Å². The molecule has 4 nitrogen and oxygen atoms in total. The van der Waals surface area contributed by atoms with Crippen LogP contribution in [0.2, 0.25) is 0 Å². The van der Waals surface area contributed by atoms with E-state index < -0.39 is 20.0 Å². The Balaban J connectivity index is 4.48. The van der Waals surface area contributed by atoms with E-state index in [1.54, 1.807) is 12.2 Å². The Kier molecular flexibility index (Phi) is 7.75. The average Bonchev–Trinajstić information content (AvgIpc) is 2.27. The third-order valence-electron chi connectivity index (χ3n) is 1.86. The van der Waals surface area contributed by atoms with Crippen molar-refractivity contribution >= 4 is 7.82 Å². The third kappa shape index (κ3) is 7.08. The molecule has 0 aromatic heterocycles. The molecule has 0 spiro atoms. The molecule has 0 aliphatic carbocycles. The third-order valence-corrected chi connectivity index (χ3v) is 2.94. The van der Waals surface area contributed by atoms with Crippen LogP contribution in [0.5, 0.6) is 0 Å². The standard InChI is InChI=1S/C12H19O4P/c1-5-9-11(7-3)15-17(13,14)16-12(8-4)10-6-2/h5-8,11-12H,1-4,9-10H2,(H,13,14). The lowest BCUT2D eigenvalue weighted by molar-refractivity contribution is 0.106. The van der Waals surface area contributed by atoms with Gasteiger partial charge in [0.25, 0.3) is 0 Å². The SMILES string of the molecule is C=CCC(C=C)OP(=O)(O)OC(C=C)CC=C. The summed E-state index contributed by atoms with van der Waals surface area (Å²) in [7, 11) is -4.14. The maximum Gasteiger partial charge on any atom is 0.473 e. The van der Waals surface area contributed by atoms with E-state index in [9.17, 15) is 9.46 Å². The summed E-state index contributed by atoms with van der Waals surface area (Å²) in [5, 5.41) is 0. The Morgan fingerprint density at radius 2 is 1.35 bits per heavy atom. The molecule has 1 N–H and O–H groups in total. The normalized spacial score (nSPS) is 17.5. The molecule has 0 amide bonds. The topological polar surface area (TPSA) is 55.8 Å². The Labute approximate surface area is 103 Å². The highest BCUT2D eigenvalue weighted by Gasteiger charge is 2.27. The zero-order chi connectivity index (χ0) is 13.3. The summed E-state index contributed by atoms with van der Waals surface area (Å²) in [6.45, 7) is 14.0. The first-order valence-electron chi connectivity index (χ1n) is 5.15. The molecule has 0 aliphatic rings. The summed E-state index contributed by atoms with van der Waals surface area (Å²) in [6.07, 6.45) is 5.56. The minimum atomic E-state index is -4.14. The highest BCUT2D eigenvalue weighted by Crippen LogP contribution is 2.47. The number of hydrogen-bond acceptors (Lipinski definition) is 3. The van der Waals surface area contributed by atoms with Gasteiger partial charge in [0.05, 0.1) is 12.2 Å². The average molecular weight is 258 g/mol. The van der Waals surface area contributed by atoms with Crippen LogP contribution in [-0.4, -0.2) is 17.1 Å². The number of phosphoric acid groups is 1. The van der Waals surface area contributed by atoms with Crippen LogP contribution in [0.1, 0.15) is 12.8 Å². The Morgan fingerprint density at radius 1 is 1.00 bits per heavy atom. The van der Waals surface area contributed by atoms with E-state index in [4.69, 9.17) is 9.05 Å². The van der Waals surface area contributed by atoms with Crippen molar-refractivity contribution in [1.82, 2.24) is 0 Å². The summed E-state index contributed by atoms with van der Waals surface area (Å²) in [4.78, 5) is 9.52. The molecule has 0 bridgehead atoms. The molecule has 5 heteroatoms. The Bertz CT molecular complexity index is 296. The molecule has 17 heavy (non-hydrogen) atoms. The van der Waals surface area contributed by atoms with E-state index in [1.165, 1.54) is 12.2 Å². The van der Waals surface area contributed by atoms with Crippen LogP contribution in [0.25, 0.3) is 0 Å². The molecule has 0 saturated heterocycles. The minimum absolute atomic E-state index is 0.387. The lowest BCUT2D eigenvalue weighted by Crippen LogP contribution is -2.12. The minimum Gasteiger partial charge on any atom is -0.302 e. The summed E-state index contributed by atoms with van der Waals surface area (Å²) < 4.78 is 21.5. The number of phosphoric ester groups is 1. The van der Waals surface area contributed by atoms with Crippen LogP contribution >= 0.6 is 7.82 Å². The zero-order valence-electron chi connectivity index (χ0n) is 9.83. The molecule has 2 unspecified atom stereocenters. The monoisotopic (exact) mass is 258 g/mol. The smallest absolute Gasteiger partial charge is 0.302 e. The highest BCUT2D eigenvalue weighted by molar-refractivity contribution is 7.47. The second-order valence-electron chi connectivity index (χ2n) is 3.28. The maximum absolute atomic E-state index is 11.6. The van der Waals surface area contributed by atoms with E-state index in [2.05, 4.69) is 26.3 Å². The molecule has 0 saturated carbocycles. The summed E-state index contributed by atoms with van der Waals surface area (Å²) in [6, 6.07) is 0. The van der Waals surface area contributed by atoms with Gasteiger partial charge in [0.1, 0.15) is 0 Å². The second-order valence-corrected chi connectivity index (χ2v) is 4.64. The van der Waals surface area contributed by atoms with Crippen LogP contribution in [0, 0.1) is 0 Å². The van der Waals surface area contributed by atoms with Crippen molar-refractivity contribution in [3.63, 3.8) is 0 Å². The molecule has 96 valence electrons. The van der Waals surface area contributed by atoms with Crippen LogP contribution in [0.3, 0.4) is 0 Å². The first kappa shape index (κ1) is 16.1. The first-order valence-corrected chi connectivity index (χ1v) is 6.65. The van der Waals surface area contributed by atoms with Gasteiger partial charge in [-0.2, -0.15) is 0 Å². The largest absolute Gasteiger partial charge is 0.473 e. The second kappa shape index (κ2) is 8.20. The van der Waals surface area contributed by atoms with Crippen molar-refractivity contribution in [3.05, 3.63) is 50.6 Å². The van der Waals surface area contributed by atoms with E-state index >= 15 is 0 Å². The molecule has 0 aromatic rings. The first-order chi connectivity index (χ1) is 7.99. The molecule has 0 rings (SSSR count). The van der Waals surface area contributed by atoms with Gasteiger partial charge in [0, 0.05) is 0 Å².